The molecule has 0 aliphatic rings. The molecular weight excluding hydrogens is 260 g/mol. The molecule has 0 aromatic carbocycles. The van der Waals surface area contributed by atoms with E-state index < -0.39 is 0 Å². The Morgan fingerprint density at radius 3 is 3.05 bits per heavy atom. The summed E-state index contributed by atoms with van der Waals surface area (Å²) in [6.45, 7) is 4.36. The maximum atomic E-state index is 5.21. The van der Waals surface area contributed by atoms with Crippen LogP contribution >= 0.6 is 12.2 Å². The number of aryl methyl sites for hydroxylation is 2. The molecule has 5 nitrogen and oxygen atoms in total. The second-order valence-electron chi connectivity index (χ2n) is 4.32. The number of furan rings is 1. The van der Waals surface area contributed by atoms with Crippen molar-refractivity contribution < 1.29 is 4.42 Å². The summed E-state index contributed by atoms with van der Waals surface area (Å²) in [5, 5.41) is 11.1. The Morgan fingerprint density at radius 2 is 2.37 bits per heavy atom. The number of thiocarbonyl (C=S) groups is 1. The van der Waals surface area contributed by atoms with E-state index in [0.717, 1.165) is 25.3 Å². The molecule has 2 N–H and O–H groups in total. The fraction of sp³-hybridized carbons (Fsp3) is 0.385. The summed E-state index contributed by atoms with van der Waals surface area (Å²) in [5.74, 6) is 0.871. The zero-order valence-electron chi connectivity index (χ0n) is 10.9. The maximum Gasteiger partial charge on any atom is 0.166 e. The topological polar surface area (TPSA) is 55.0 Å². The van der Waals surface area contributed by atoms with E-state index in [1.807, 2.05) is 36.1 Å². The Balaban J connectivity index is 1.56. The van der Waals surface area contributed by atoms with E-state index in [1.54, 1.807) is 6.26 Å². The monoisotopic (exact) mass is 278 g/mol. The van der Waals surface area contributed by atoms with Gasteiger partial charge in [-0.25, -0.2) is 0 Å². The molecule has 2 heterocycles. The van der Waals surface area contributed by atoms with Gasteiger partial charge in [0.15, 0.2) is 5.11 Å². The van der Waals surface area contributed by atoms with E-state index in [9.17, 15) is 0 Å². The van der Waals surface area contributed by atoms with Crippen LogP contribution in [-0.4, -0.2) is 21.4 Å². The van der Waals surface area contributed by atoms with Crippen molar-refractivity contribution in [2.45, 2.75) is 26.4 Å². The summed E-state index contributed by atoms with van der Waals surface area (Å²) in [6, 6.07) is 3.77. The molecule has 0 spiro atoms. The first-order valence-corrected chi connectivity index (χ1v) is 6.68. The lowest BCUT2D eigenvalue weighted by Gasteiger charge is -2.09. The lowest BCUT2D eigenvalue weighted by molar-refractivity contribution is 0.502. The molecule has 0 atom stereocenters. The molecule has 19 heavy (non-hydrogen) atoms. The number of hydrogen-bond acceptors (Lipinski definition) is 3. The van der Waals surface area contributed by atoms with E-state index in [1.165, 1.54) is 5.56 Å². The summed E-state index contributed by atoms with van der Waals surface area (Å²) in [6.07, 6.45) is 6.53. The van der Waals surface area contributed by atoms with Gasteiger partial charge in [0.1, 0.15) is 5.76 Å². The molecular formula is C13H18N4OS. The highest BCUT2D eigenvalue weighted by molar-refractivity contribution is 7.80. The van der Waals surface area contributed by atoms with Crippen molar-refractivity contribution in [1.29, 1.82) is 0 Å². The minimum Gasteiger partial charge on any atom is -0.467 e. The van der Waals surface area contributed by atoms with Crippen LogP contribution in [-0.2, 0) is 13.1 Å². The summed E-state index contributed by atoms with van der Waals surface area (Å²) < 4.78 is 7.15. The van der Waals surface area contributed by atoms with Crippen LogP contribution in [0.2, 0.25) is 0 Å². The number of nitrogens with one attached hydrogen (secondary N) is 2. The van der Waals surface area contributed by atoms with Crippen molar-refractivity contribution >= 4 is 17.3 Å². The van der Waals surface area contributed by atoms with Gasteiger partial charge in [-0.2, -0.15) is 5.10 Å². The first kappa shape index (κ1) is 13.6. The Hall–Kier alpha value is -1.82. The second-order valence-corrected chi connectivity index (χ2v) is 4.73. The smallest absolute Gasteiger partial charge is 0.166 e. The van der Waals surface area contributed by atoms with Crippen LogP contribution in [0.25, 0.3) is 0 Å². The van der Waals surface area contributed by atoms with Gasteiger partial charge in [0.05, 0.1) is 19.0 Å². The fourth-order valence-corrected chi connectivity index (χ4v) is 1.85. The normalized spacial score (nSPS) is 10.4. The van der Waals surface area contributed by atoms with E-state index in [0.29, 0.717) is 11.7 Å². The Morgan fingerprint density at radius 1 is 1.47 bits per heavy atom. The van der Waals surface area contributed by atoms with Crippen molar-refractivity contribution in [2.75, 3.05) is 6.54 Å². The van der Waals surface area contributed by atoms with Crippen LogP contribution in [0.15, 0.2) is 35.2 Å². The van der Waals surface area contributed by atoms with E-state index in [2.05, 4.69) is 15.7 Å². The third-order valence-electron chi connectivity index (χ3n) is 2.62. The van der Waals surface area contributed by atoms with Crippen molar-refractivity contribution in [3.05, 3.63) is 42.1 Å². The van der Waals surface area contributed by atoms with Gasteiger partial charge in [-0.15, -0.1) is 0 Å². The average Bonchev–Trinajstić information content (AvgIpc) is 3.04. The number of aromatic nitrogens is 2. The molecule has 0 amide bonds. The van der Waals surface area contributed by atoms with E-state index in [4.69, 9.17) is 16.6 Å². The van der Waals surface area contributed by atoms with Gasteiger partial charge in [0.2, 0.25) is 0 Å². The first-order valence-electron chi connectivity index (χ1n) is 6.27. The number of nitrogens with zero attached hydrogens (tertiary/aromatic N) is 2. The molecule has 0 saturated carbocycles. The third-order valence-corrected chi connectivity index (χ3v) is 2.90. The Bertz CT molecular complexity index is 506. The average molecular weight is 278 g/mol. The summed E-state index contributed by atoms with van der Waals surface area (Å²) in [4.78, 5) is 0. The van der Waals surface area contributed by atoms with Crippen LogP contribution < -0.4 is 10.6 Å². The van der Waals surface area contributed by atoms with Crippen molar-refractivity contribution in [3.63, 3.8) is 0 Å². The predicted octanol–water partition coefficient (Wildman–Crippen LogP) is 1.84. The molecule has 0 saturated heterocycles. The maximum absolute atomic E-state index is 5.21. The van der Waals surface area contributed by atoms with E-state index in [-0.39, 0.29) is 0 Å². The van der Waals surface area contributed by atoms with Crippen LogP contribution in [0.5, 0.6) is 0 Å². The van der Waals surface area contributed by atoms with Gasteiger partial charge in [0, 0.05) is 19.3 Å². The largest absolute Gasteiger partial charge is 0.467 e. The quantitative estimate of drug-likeness (QED) is 0.624. The molecule has 102 valence electrons. The molecule has 0 fully saturated rings. The third kappa shape index (κ3) is 4.75. The second kappa shape index (κ2) is 6.94. The van der Waals surface area contributed by atoms with E-state index >= 15 is 0 Å². The molecule has 0 radical (unpaired) electrons. The lowest BCUT2D eigenvalue weighted by atomic mass is 10.4. The lowest BCUT2D eigenvalue weighted by Crippen LogP contribution is -2.35. The van der Waals surface area contributed by atoms with Gasteiger partial charge in [-0.1, -0.05) is 0 Å². The van der Waals surface area contributed by atoms with Gasteiger partial charge in [0.25, 0.3) is 0 Å². The molecule has 2 aromatic rings. The summed E-state index contributed by atoms with van der Waals surface area (Å²) in [5.41, 5.74) is 1.18. The molecule has 2 aromatic heterocycles. The Labute approximate surface area is 118 Å². The molecule has 0 aliphatic heterocycles. The molecule has 2 rings (SSSR count). The minimum atomic E-state index is 0.608. The number of rotatable bonds is 6. The first-order chi connectivity index (χ1) is 9.24. The van der Waals surface area contributed by atoms with Gasteiger partial charge in [-0.3, -0.25) is 4.68 Å². The minimum absolute atomic E-state index is 0.608. The highest BCUT2D eigenvalue weighted by Gasteiger charge is 1.98. The van der Waals surface area contributed by atoms with Crippen LogP contribution in [0.1, 0.15) is 17.7 Å². The zero-order valence-corrected chi connectivity index (χ0v) is 11.7. The van der Waals surface area contributed by atoms with Gasteiger partial charge >= 0.3 is 0 Å². The highest BCUT2D eigenvalue weighted by Crippen LogP contribution is 1.98. The van der Waals surface area contributed by atoms with Crippen molar-refractivity contribution in [1.82, 2.24) is 20.4 Å². The van der Waals surface area contributed by atoms with Crippen LogP contribution in [0.3, 0.4) is 0 Å². The molecule has 0 aliphatic carbocycles. The van der Waals surface area contributed by atoms with Gasteiger partial charge in [-0.05, 0) is 43.3 Å². The summed E-state index contributed by atoms with van der Waals surface area (Å²) in [7, 11) is 0. The van der Waals surface area contributed by atoms with Crippen LogP contribution in [0.4, 0.5) is 0 Å². The predicted molar refractivity (Wildman–Crippen MR) is 77.7 cm³/mol. The summed E-state index contributed by atoms with van der Waals surface area (Å²) >= 11 is 5.17. The molecule has 6 heteroatoms. The highest BCUT2D eigenvalue weighted by atomic mass is 32.1. The standard InChI is InChI=1S/C13H18N4OS/c1-11-8-16-17(10-11)6-3-5-14-13(19)15-9-12-4-2-7-18-12/h2,4,7-8,10H,3,5-6,9H2,1H3,(H2,14,15,19). The fourth-order valence-electron chi connectivity index (χ4n) is 1.68. The van der Waals surface area contributed by atoms with Crippen molar-refractivity contribution in [3.8, 4) is 0 Å². The van der Waals surface area contributed by atoms with Crippen LogP contribution in [0, 0.1) is 6.92 Å². The zero-order chi connectivity index (χ0) is 13.5. The molecule has 0 unspecified atom stereocenters. The van der Waals surface area contributed by atoms with Gasteiger partial charge < -0.3 is 15.1 Å². The number of hydrogen-bond donors (Lipinski definition) is 2. The van der Waals surface area contributed by atoms with Crippen molar-refractivity contribution in [2.24, 2.45) is 0 Å². The molecule has 0 bridgehead atoms. The Kier molecular flexibility index (Phi) is 4.97. The SMILES string of the molecule is Cc1cnn(CCCNC(=S)NCc2ccco2)c1.